The lowest BCUT2D eigenvalue weighted by atomic mass is 10.2. The first-order valence-corrected chi connectivity index (χ1v) is 12.0. The Labute approximate surface area is 198 Å². The lowest BCUT2D eigenvalue weighted by Gasteiger charge is -2.20. The molecule has 2 aromatic carbocycles. The summed E-state index contributed by atoms with van der Waals surface area (Å²) in [5.74, 6) is -0.261. The standard InChI is InChI=1S/C21H29N5O7S/c1-4-25(5-2)34(31,32)16-7-9-20(33-3)19(13-16)24-21(28)14-23-18-12-15(26(29)30)6-8-17(18)22-10-11-27/h6-9,12-13,22-23,27H,4-5,10-11,14H2,1-3H3,(H,24,28). The summed E-state index contributed by atoms with van der Waals surface area (Å²) in [5, 5.41) is 28.5. The predicted octanol–water partition coefficient (Wildman–Crippen LogP) is 2.09. The topological polar surface area (TPSA) is 163 Å². The number of benzene rings is 2. The molecule has 0 fully saturated rings. The van der Waals surface area contributed by atoms with Crippen molar-refractivity contribution in [2.45, 2.75) is 18.7 Å². The van der Waals surface area contributed by atoms with Crippen LogP contribution in [0.15, 0.2) is 41.3 Å². The number of hydrogen-bond donors (Lipinski definition) is 4. The second-order valence-electron chi connectivity index (χ2n) is 6.99. The van der Waals surface area contributed by atoms with Gasteiger partial charge in [-0.3, -0.25) is 14.9 Å². The van der Waals surface area contributed by atoms with E-state index in [1.807, 2.05) is 0 Å². The number of nitro groups is 1. The Balaban J connectivity index is 2.23. The molecule has 186 valence electrons. The van der Waals surface area contributed by atoms with Gasteiger partial charge in [0.2, 0.25) is 15.9 Å². The number of nitro benzene ring substituents is 1. The van der Waals surface area contributed by atoms with Gasteiger partial charge in [-0.15, -0.1) is 0 Å². The Morgan fingerprint density at radius 3 is 2.38 bits per heavy atom. The fraction of sp³-hybridized carbons (Fsp3) is 0.381. The molecule has 13 heteroatoms. The number of carbonyl (C=O) groups is 1. The van der Waals surface area contributed by atoms with Gasteiger partial charge in [-0.2, -0.15) is 4.31 Å². The average Bonchev–Trinajstić information content (AvgIpc) is 2.82. The van der Waals surface area contributed by atoms with Crippen molar-refractivity contribution < 1.29 is 28.0 Å². The second-order valence-corrected chi connectivity index (χ2v) is 8.93. The zero-order valence-corrected chi connectivity index (χ0v) is 20.0. The molecule has 0 saturated heterocycles. The average molecular weight is 496 g/mol. The van der Waals surface area contributed by atoms with E-state index < -0.39 is 20.9 Å². The molecule has 0 unspecified atom stereocenters. The van der Waals surface area contributed by atoms with Gasteiger partial charge < -0.3 is 25.8 Å². The van der Waals surface area contributed by atoms with Crippen molar-refractivity contribution >= 4 is 38.7 Å². The predicted molar refractivity (Wildman–Crippen MR) is 129 cm³/mol. The lowest BCUT2D eigenvalue weighted by Crippen LogP contribution is -2.30. The molecule has 0 spiro atoms. The third-order valence-electron chi connectivity index (χ3n) is 4.87. The Morgan fingerprint density at radius 2 is 1.79 bits per heavy atom. The number of anilines is 3. The second kappa shape index (κ2) is 12.2. The van der Waals surface area contributed by atoms with Gasteiger partial charge >= 0.3 is 0 Å². The van der Waals surface area contributed by atoms with E-state index in [2.05, 4.69) is 16.0 Å². The normalized spacial score (nSPS) is 11.2. The van der Waals surface area contributed by atoms with Crippen LogP contribution in [0.3, 0.4) is 0 Å². The molecule has 0 radical (unpaired) electrons. The number of ether oxygens (including phenoxy) is 1. The van der Waals surface area contributed by atoms with Crippen molar-refractivity contribution in [2.24, 2.45) is 0 Å². The molecule has 12 nitrogen and oxygen atoms in total. The van der Waals surface area contributed by atoms with E-state index in [1.165, 1.54) is 47.8 Å². The molecule has 0 heterocycles. The monoisotopic (exact) mass is 495 g/mol. The Hall–Kier alpha value is -3.42. The summed E-state index contributed by atoms with van der Waals surface area (Å²) in [6, 6.07) is 8.23. The van der Waals surface area contributed by atoms with Crippen molar-refractivity contribution in [2.75, 3.05) is 55.8 Å². The van der Waals surface area contributed by atoms with Gasteiger partial charge in [0, 0.05) is 31.8 Å². The fourth-order valence-electron chi connectivity index (χ4n) is 3.16. The van der Waals surface area contributed by atoms with E-state index in [1.54, 1.807) is 13.8 Å². The summed E-state index contributed by atoms with van der Waals surface area (Å²) in [7, 11) is -2.36. The summed E-state index contributed by atoms with van der Waals surface area (Å²) in [5.41, 5.74) is 0.758. The Bertz CT molecular complexity index is 1120. The highest BCUT2D eigenvalue weighted by atomic mass is 32.2. The first-order chi connectivity index (χ1) is 16.2. The molecular weight excluding hydrogens is 466 g/mol. The first kappa shape index (κ1) is 26.8. The van der Waals surface area contributed by atoms with Crippen LogP contribution in [-0.4, -0.2) is 68.6 Å². The van der Waals surface area contributed by atoms with E-state index in [-0.39, 0.29) is 41.7 Å². The minimum atomic E-state index is -3.75. The van der Waals surface area contributed by atoms with E-state index in [0.717, 1.165) is 0 Å². The van der Waals surface area contributed by atoms with E-state index in [0.29, 0.717) is 24.5 Å². The smallest absolute Gasteiger partial charge is 0.271 e. The SMILES string of the molecule is CCN(CC)S(=O)(=O)c1ccc(OC)c(NC(=O)CNc2cc([N+](=O)[O-])ccc2NCCO)c1. The summed E-state index contributed by atoms with van der Waals surface area (Å²) >= 11 is 0. The molecule has 34 heavy (non-hydrogen) atoms. The first-order valence-electron chi connectivity index (χ1n) is 10.5. The van der Waals surface area contributed by atoms with Crippen LogP contribution in [0.25, 0.3) is 0 Å². The summed E-state index contributed by atoms with van der Waals surface area (Å²) < 4.78 is 32.2. The Morgan fingerprint density at radius 1 is 1.09 bits per heavy atom. The summed E-state index contributed by atoms with van der Waals surface area (Å²) in [6.45, 7) is 3.85. The maximum absolute atomic E-state index is 12.8. The van der Waals surface area contributed by atoms with Crippen molar-refractivity contribution in [1.82, 2.24) is 4.31 Å². The lowest BCUT2D eigenvalue weighted by molar-refractivity contribution is -0.384. The van der Waals surface area contributed by atoms with E-state index in [9.17, 15) is 23.3 Å². The van der Waals surface area contributed by atoms with Crippen LogP contribution in [0.2, 0.25) is 0 Å². The third kappa shape index (κ3) is 6.56. The molecule has 0 aliphatic rings. The van der Waals surface area contributed by atoms with Crippen LogP contribution in [0, 0.1) is 10.1 Å². The van der Waals surface area contributed by atoms with Crippen molar-refractivity contribution in [3.8, 4) is 5.75 Å². The van der Waals surface area contributed by atoms with Crippen molar-refractivity contribution in [3.63, 3.8) is 0 Å². The third-order valence-corrected chi connectivity index (χ3v) is 6.91. The van der Waals surface area contributed by atoms with E-state index in [4.69, 9.17) is 9.84 Å². The van der Waals surface area contributed by atoms with Crippen LogP contribution in [-0.2, 0) is 14.8 Å². The molecule has 0 saturated carbocycles. The molecule has 0 atom stereocenters. The number of aliphatic hydroxyl groups is 1. The fourth-order valence-corrected chi connectivity index (χ4v) is 4.65. The highest BCUT2D eigenvalue weighted by Gasteiger charge is 2.23. The highest BCUT2D eigenvalue weighted by Crippen LogP contribution is 2.30. The van der Waals surface area contributed by atoms with Crippen molar-refractivity contribution in [1.29, 1.82) is 0 Å². The number of hydrogen-bond acceptors (Lipinski definition) is 9. The van der Waals surface area contributed by atoms with Gasteiger partial charge in [-0.05, 0) is 24.3 Å². The molecule has 2 aromatic rings. The number of amides is 1. The van der Waals surface area contributed by atoms with Gasteiger partial charge in [0.05, 0.1) is 47.1 Å². The van der Waals surface area contributed by atoms with Crippen LogP contribution in [0.5, 0.6) is 5.75 Å². The van der Waals surface area contributed by atoms with Crippen LogP contribution in [0.1, 0.15) is 13.8 Å². The number of sulfonamides is 1. The number of aliphatic hydroxyl groups excluding tert-OH is 1. The zero-order valence-electron chi connectivity index (χ0n) is 19.2. The summed E-state index contributed by atoms with van der Waals surface area (Å²) in [4.78, 5) is 23.2. The molecule has 4 N–H and O–H groups in total. The minimum Gasteiger partial charge on any atom is -0.495 e. The van der Waals surface area contributed by atoms with Crippen LogP contribution >= 0.6 is 0 Å². The Kier molecular flexibility index (Phi) is 9.59. The maximum Gasteiger partial charge on any atom is 0.271 e. The molecule has 0 aliphatic heterocycles. The van der Waals surface area contributed by atoms with Gasteiger partial charge in [0.15, 0.2) is 0 Å². The number of nitrogens with zero attached hydrogens (tertiary/aromatic N) is 2. The maximum atomic E-state index is 12.8. The largest absolute Gasteiger partial charge is 0.495 e. The van der Waals surface area contributed by atoms with Gasteiger partial charge in [-0.1, -0.05) is 13.8 Å². The number of nitrogens with one attached hydrogen (secondary N) is 3. The number of non-ortho nitro benzene ring substituents is 1. The highest BCUT2D eigenvalue weighted by molar-refractivity contribution is 7.89. The number of carbonyl (C=O) groups excluding carboxylic acids is 1. The zero-order chi connectivity index (χ0) is 25.3. The quantitative estimate of drug-likeness (QED) is 0.241. The molecule has 0 bridgehead atoms. The number of methoxy groups -OCH3 is 1. The van der Waals surface area contributed by atoms with Crippen molar-refractivity contribution in [3.05, 3.63) is 46.5 Å². The number of rotatable bonds is 13. The minimum absolute atomic E-state index is 0.00873. The van der Waals surface area contributed by atoms with Gasteiger partial charge in [-0.25, -0.2) is 8.42 Å². The van der Waals surface area contributed by atoms with Gasteiger partial charge in [0.1, 0.15) is 5.75 Å². The van der Waals surface area contributed by atoms with E-state index >= 15 is 0 Å². The molecule has 0 aliphatic carbocycles. The molecule has 2 rings (SSSR count). The molecule has 1 amide bonds. The van der Waals surface area contributed by atoms with Crippen LogP contribution in [0.4, 0.5) is 22.7 Å². The van der Waals surface area contributed by atoms with Gasteiger partial charge in [0.25, 0.3) is 5.69 Å². The molecule has 0 aromatic heterocycles. The summed E-state index contributed by atoms with van der Waals surface area (Å²) in [6.07, 6.45) is 0. The van der Waals surface area contributed by atoms with Crippen LogP contribution < -0.4 is 20.7 Å². The molecular formula is C21H29N5O7S.